The molecule has 3 atom stereocenters. The molecule has 0 spiro atoms. The molecule has 3 unspecified atom stereocenters. The van der Waals surface area contributed by atoms with Crippen LogP contribution < -0.4 is 0 Å². The van der Waals surface area contributed by atoms with Gasteiger partial charge in [0.05, 0.1) is 26.2 Å². The maximum Gasteiger partial charge on any atom is 0.472 e. The second kappa shape index (κ2) is 54.6. The van der Waals surface area contributed by atoms with E-state index in [-0.39, 0.29) is 19.3 Å². The fourth-order valence-electron chi connectivity index (χ4n) is 6.61. The van der Waals surface area contributed by atoms with Crippen molar-refractivity contribution in [3.8, 4) is 0 Å². The Hall–Kier alpha value is -4.64. The fourth-order valence-corrected chi connectivity index (χ4v) is 7.39. The number of rotatable bonds is 49. The SMILES string of the molecule is CC/C=C\C/C=C\C/C=C\C/C=C\C/C=C\CCCC(=O)OC(COC(=O)C/C=C\C/C=C\C/C=C\C/C=C\C/C=C\CC)COP(=O)(O)OCC(CO)OC(=O)CCCCCCC/C=C\C/C=C\CCCCC. The molecule has 12 heteroatoms. The highest BCUT2D eigenvalue weighted by molar-refractivity contribution is 7.47. The van der Waals surface area contributed by atoms with E-state index in [1.165, 1.54) is 19.3 Å². The highest BCUT2D eigenvalue weighted by atomic mass is 31.2. The molecule has 0 aliphatic rings. The van der Waals surface area contributed by atoms with E-state index in [1.54, 1.807) is 6.08 Å². The summed E-state index contributed by atoms with van der Waals surface area (Å²) in [6.45, 7) is 4.16. The Morgan fingerprint density at radius 1 is 0.405 bits per heavy atom. The number of phosphoric acid groups is 1. The Balaban J connectivity index is 4.96. The minimum Gasteiger partial charge on any atom is -0.461 e. The Morgan fingerprint density at radius 3 is 1.20 bits per heavy atom. The molecule has 0 saturated carbocycles. The maximum absolute atomic E-state index is 12.9. The Morgan fingerprint density at radius 2 is 0.757 bits per heavy atom. The van der Waals surface area contributed by atoms with Crippen LogP contribution in [0.25, 0.3) is 0 Å². The van der Waals surface area contributed by atoms with Crippen LogP contribution in [-0.2, 0) is 42.2 Å². The predicted octanol–water partition coefficient (Wildman–Crippen LogP) is 16.4. The van der Waals surface area contributed by atoms with Gasteiger partial charge in [-0.05, 0) is 116 Å². The lowest BCUT2D eigenvalue weighted by molar-refractivity contribution is -0.161. The third-order valence-electron chi connectivity index (χ3n) is 10.8. The molecule has 11 nitrogen and oxygen atoms in total. The third-order valence-corrected chi connectivity index (χ3v) is 11.7. The zero-order valence-electron chi connectivity index (χ0n) is 45.7. The van der Waals surface area contributed by atoms with Crippen LogP contribution in [0, 0.1) is 0 Å². The number of hydrogen-bond acceptors (Lipinski definition) is 10. The van der Waals surface area contributed by atoms with Crippen molar-refractivity contribution < 1.29 is 52.2 Å². The first-order valence-corrected chi connectivity index (χ1v) is 29.2. The molecule has 0 aromatic carbocycles. The summed E-state index contributed by atoms with van der Waals surface area (Å²) in [7, 11) is -4.80. The number of aliphatic hydroxyl groups is 1. The lowest BCUT2D eigenvalue weighted by Gasteiger charge is -2.21. The molecule has 74 heavy (non-hydrogen) atoms. The largest absolute Gasteiger partial charge is 0.472 e. The van der Waals surface area contributed by atoms with E-state index in [0.717, 1.165) is 103 Å². The van der Waals surface area contributed by atoms with Crippen molar-refractivity contribution in [3.63, 3.8) is 0 Å². The van der Waals surface area contributed by atoms with E-state index in [0.29, 0.717) is 25.7 Å². The lowest BCUT2D eigenvalue weighted by Crippen LogP contribution is -2.30. The number of phosphoric ester groups is 1. The van der Waals surface area contributed by atoms with E-state index < -0.39 is 64.4 Å². The summed E-state index contributed by atoms with van der Waals surface area (Å²) < 4.78 is 39.3. The molecule has 0 heterocycles. The van der Waals surface area contributed by atoms with Gasteiger partial charge < -0.3 is 24.2 Å². The predicted molar refractivity (Wildman–Crippen MR) is 306 cm³/mol. The topological polar surface area (TPSA) is 155 Å². The zero-order valence-corrected chi connectivity index (χ0v) is 46.6. The number of allylic oxidation sites excluding steroid dienone is 23. The lowest BCUT2D eigenvalue weighted by atomic mass is 10.1. The van der Waals surface area contributed by atoms with Gasteiger partial charge in [0, 0.05) is 12.8 Å². The van der Waals surface area contributed by atoms with Crippen LogP contribution in [0.15, 0.2) is 146 Å². The average Bonchev–Trinajstić information content (AvgIpc) is 3.39. The number of hydrogen-bond donors (Lipinski definition) is 2. The first-order chi connectivity index (χ1) is 36.2. The molecule has 0 aliphatic heterocycles. The molecule has 0 aromatic rings. The molecular weight excluding hydrogens is 952 g/mol. The molecule has 0 aromatic heterocycles. The van der Waals surface area contributed by atoms with Gasteiger partial charge in [-0.15, -0.1) is 0 Å². The van der Waals surface area contributed by atoms with Gasteiger partial charge in [0.1, 0.15) is 12.7 Å². The highest BCUT2D eigenvalue weighted by Crippen LogP contribution is 2.43. The molecule has 0 rings (SSSR count). The van der Waals surface area contributed by atoms with Crippen LogP contribution in [0.4, 0.5) is 0 Å². The Labute approximate surface area is 448 Å². The second-order valence-electron chi connectivity index (χ2n) is 17.6. The van der Waals surface area contributed by atoms with E-state index in [1.807, 2.05) is 24.3 Å². The smallest absolute Gasteiger partial charge is 0.461 e. The molecular formula is C62H97O11P. The van der Waals surface area contributed by atoms with Gasteiger partial charge in [-0.1, -0.05) is 199 Å². The van der Waals surface area contributed by atoms with Crippen molar-refractivity contribution in [2.24, 2.45) is 0 Å². The van der Waals surface area contributed by atoms with Gasteiger partial charge >= 0.3 is 25.7 Å². The molecule has 0 bridgehead atoms. The number of ether oxygens (including phenoxy) is 3. The summed E-state index contributed by atoms with van der Waals surface area (Å²) in [6, 6.07) is 0. The molecule has 0 amide bonds. The molecule has 416 valence electrons. The summed E-state index contributed by atoms with van der Waals surface area (Å²) in [5, 5.41) is 9.80. The molecule has 2 N–H and O–H groups in total. The van der Waals surface area contributed by atoms with E-state index >= 15 is 0 Å². The van der Waals surface area contributed by atoms with E-state index in [9.17, 15) is 28.9 Å². The van der Waals surface area contributed by atoms with Crippen LogP contribution in [0.5, 0.6) is 0 Å². The van der Waals surface area contributed by atoms with Crippen molar-refractivity contribution >= 4 is 25.7 Å². The molecule has 0 radical (unpaired) electrons. The Bertz CT molecular complexity index is 1800. The van der Waals surface area contributed by atoms with Crippen molar-refractivity contribution in [1.29, 1.82) is 0 Å². The van der Waals surface area contributed by atoms with Gasteiger partial charge in [-0.25, -0.2) is 4.57 Å². The van der Waals surface area contributed by atoms with Gasteiger partial charge in [-0.2, -0.15) is 0 Å². The normalized spacial score (nSPS) is 14.5. The number of unbranched alkanes of at least 4 members (excludes halogenated alkanes) is 9. The molecule has 0 saturated heterocycles. The summed E-state index contributed by atoms with van der Waals surface area (Å²) >= 11 is 0. The number of esters is 3. The van der Waals surface area contributed by atoms with Gasteiger partial charge in [-0.3, -0.25) is 23.4 Å². The second-order valence-corrected chi connectivity index (χ2v) is 19.1. The Kier molecular flexibility index (Phi) is 51.2. The summed E-state index contributed by atoms with van der Waals surface area (Å²) in [5.41, 5.74) is 0. The molecule has 0 fully saturated rings. The minimum atomic E-state index is -4.80. The monoisotopic (exact) mass is 1050 g/mol. The van der Waals surface area contributed by atoms with Crippen molar-refractivity contribution in [1.82, 2.24) is 0 Å². The minimum absolute atomic E-state index is 0.0270. The standard InChI is InChI=1S/C62H97O11P/c1-4-7-10-13-16-19-22-25-28-29-32-35-38-41-44-47-50-53-62(66)73-59(55-69-60(64)51-48-45-42-39-36-33-30-26-23-20-17-14-11-8-5-2)57-71-74(67,68)70-56-58(54-63)72-61(65)52-49-46-43-40-37-34-31-27-24-21-18-15-12-9-6-3/h7-8,10-11,16-21,25-28,30-32,35-36,39,41,44-45,48,58-59,63H,4-6,9,12-15,22-24,29,33-34,37-38,40,42-43,46-47,49-57H2,1-3H3,(H,67,68)/b10-7-,11-8-,19-16-,20-17-,21-18-,28-25-,30-26-,31-27-,35-32-,39-36-,44-41-,48-45-. The van der Waals surface area contributed by atoms with Crippen molar-refractivity contribution in [2.75, 3.05) is 26.4 Å². The van der Waals surface area contributed by atoms with E-state index in [2.05, 4.69) is 136 Å². The van der Waals surface area contributed by atoms with Crippen LogP contribution in [0.2, 0.25) is 0 Å². The average molecular weight is 1050 g/mol. The van der Waals surface area contributed by atoms with Crippen LogP contribution in [0.1, 0.15) is 188 Å². The third kappa shape index (κ3) is 52.2. The van der Waals surface area contributed by atoms with Crippen LogP contribution in [0.3, 0.4) is 0 Å². The number of aliphatic hydroxyl groups excluding tert-OH is 1. The first kappa shape index (κ1) is 69.4. The summed E-state index contributed by atoms with van der Waals surface area (Å²) in [6.07, 6.45) is 69.9. The number of carbonyl (C=O) groups is 3. The fraction of sp³-hybridized carbons (Fsp3) is 0.565. The zero-order chi connectivity index (χ0) is 54.1. The van der Waals surface area contributed by atoms with Crippen molar-refractivity contribution in [3.05, 3.63) is 146 Å². The van der Waals surface area contributed by atoms with Gasteiger partial charge in [0.25, 0.3) is 0 Å². The first-order valence-electron chi connectivity index (χ1n) is 27.7. The van der Waals surface area contributed by atoms with Crippen LogP contribution >= 0.6 is 7.82 Å². The number of carbonyl (C=O) groups excluding carboxylic acids is 3. The highest BCUT2D eigenvalue weighted by Gasteiger charge is 2.28. The molecule has 0 aliphatic carbocycles. The van der Waals surface area contributed by atoms with Gasteiger partial charge in [0.2, 0.25) is 0 Å². The summed E-state index contributed by atoms with van der Waals surface area (Å²) in [5.74, 6) is -1.72. The van der Waals surface area contributed by atoms with Gasteiger partial charge in [0.15, 0.2) is 6.10 Å². The van der Waals surface area contributed by atoms with E-state index in [4.69, 9.17) is 23.3 Å². The quantitative estimate of drug-likeness (QED) is 0.0197. The van der Waals surface area contributed by atoms with Crippen molar-refractivity contribution in [2.45, 2.75) is 200 Å². The maximum atomic E-state index is 12.9. The summed E-state index contributed by atoms with van der Waals surface area (Å²) in [4.78, 5) is 48.4. The van der Waals surface area contributed by atoms with Crippen LogP contribution in [-0.4, -0.2) is 66.5 Å².